The van der Waals surface area contributed by atoms with Gasteiger partial charge in [-0.15, -0.1) is 0 Å². The number of carbonyl (C=O) groups excluding carboxylic acids is 1. The first-order chi connectivity index (χ1) is 12.6. The number of unbranched alkanes of at least 4 members (excludes halogenated alkanes) is 8. The zero-order valence-corrected chi connectivity index (χ0v) is 18.3. The van der Waals surface area contributed by atoms with Crippen LogP contribution in [0.2, 0.25) is 0 Å². The maximum Gasteiger partial charge on any atom is 0.273 e. The van der Waals surface area contributed by atoms with Gasteiger partial charge in [-0.2, -0.15) is 8.42 Å². The molecule has 0 aromatic rings. The molecule has 0 aliphatic carbocycles. The summed E-state index contributed by atoms with van der Waals surface area (Å²) in [6.45, 7) is 3.21. The summed E-state index contributed by atoms with van der Waals surface area (Å²) in [6, 6.07) is 0. The van der Waals surface area contributed by atoms with Crippen molar-refractivity contribution in [3.05, 3.63) is 0 Å². The minimum Gasteiger partial charge on any atom is -0.356 e. The van der Waals surface area contributed by atoms with Crippen LogP contribution in [0.3, 0.4) is 0 Å². The highest BCUT2D eigenvalue weighted by Crippen LogP contribution is 2.11. The van der Waals surface area contributed by atoms with Gasteiger partial charge in [0.25, 0.3) is 10.1 Å². The molecule has 1 unspecified atom stereocenters. The third-order valence-corrected chi connectivity index (χ3v) is 5.63. The van der Waals surface area contributed by atoms with Crippen LogP contribution in [0.1, 0.15) is 77.6 Å². The topological polar surface area (TPSA) is 104 Å². The molecule has 7 nitrogen and oxygen atoms in total. The van der Waals surface area contributed by atoms with Gasteiger partial charge in [-0.05, 0) is 6.42 Å². The Morgan fingerprint density at radius 3 is 2.00 bits per heavy atom. The summed E-state index contributed by atoms with van der Waals surface area (Å²) in [7, 11) is -0.820. The standard InChI is InChI=1S/C19H40N2O5S/c1-4-5-6-7-8-9-10-11-12-14-18(22)20-15-13-16-21(2,3)19(23)17-27(24,25)26/h19,23H,4-17H2,1-3H3,(H-,20,22,24,25,26)/p+1. The van der Waals surface area contributed by atoms with Gasteiger partial charge in [0, 0.05) is 19.4 Å². The number of amides is 1. The van der Waals surface area contributed by atoms with Gasteiger partial charge in [0.1, 0.15) is 0 Å². The van der Waals surface area contributed by atoms with Crippen molar-refractivity contribution in [2.45, 2.75) is 83.8 Å². The number of nitrogens with one attached hydrogen (secondary N) is 1. The normalized spacial score (nSPS) is 13.5. The summed E-state index contributed by atoms with van der Waals surface area (Å²) >= 11 is 0. The van der Waals surface area contributed by atoms with Crippen LogP contribution < -0.4 is 5.32 Å². The predicted octanol–water partition coefficient (Wildman–Crippen LogP) is 2.70. The lowest BCUT2D eigenvalue weighted by Gasteiger charge is -2.34. The number of hydrogen-bond donors (Lipinski definition) is 3. The molecule has 0 aliphatic rings. The van der Waals surface area contributed by atoms with Gasteiger partial charge in [0.05, 0.1) is 20.6 Å². The third kappa shape index (κ3) is 16.0. The van der Waals surface area contributed by atoms with Crippen LogP contribution in [-0.2, 0) is 14.9 Å². The Balaban J connectivity index is 3.68. The van der Waals surface area contributed by atoms with E-state index in [4.69, 9.17) is 4.55 Å². The minimum atomic E-state index is -4.21. The number of quaternary nitrogens is 1. The van der Waals surface area contributed by atoms with Crippen molar-refractivity contribution >= 4 is 16.0 Å². The molecule has 162 valence electrons. The fourth-order valence-electron chi connectivity index (χ4n) is 2.94. The maximum absolute atomic E-state index is 11.8. The highest BCUT2D eigenvalue weighted by Gasteiger charge is 2.29. The molecule has 0 heterocycles. The first-order valence-electron chi connectivity index (χ1n) is 10.3. The lowest BCUT2D eigenvalue weighted by atomic mass is 10.1. The molecule has 8 heteroatoms. The van der Waals surface area contributed by atoms with E-state index < -0.39 is 22.1 Å². The highest BCUT2D eigenvalue weighted by molar-refractivity contribution is 7.85. The molecule has 0 aromatic heterocycles. The molecule has 0 fully saturated rings. The summed E-state index contributed by atoms with van der Waals surface area (Å²) in [5, 5.41) is 12.8. The lowest BCUT2D eigenvalue weighted by Crippen LogP contribution is -2.52. The monoisotopic (exact) mass is 409 g/mol. The fraction of sp³-hybridized carbons (Fsp3) is 0.947. The average molecular weight is 410 g/mol. The van der Waals surface area contributed by atoms with Crippen LogP contribution in [0.15, 0.2) is 0 Å². The molecule has 0 spiro atoms. The Kier molecular flexibility index (Phi) is 13.9. The molecule has 1 amide bonds. The van der Waals surface area contributed by atoms with E-state index in [0.717, 1.165) is 12.8 Å². The molecule has 0 bridgehead atoms. The van der Waals surface area contributed by atoms with E-state index in [1.54, 1.807) is 14.1 Å². The van der Waals surface area contributed by atoms with Gasteiger partial charge in [-0.1, -0.05) is 58.3 Å². The molecule has 0 radical (unpaired) electrons. The largest absolute Gasteiger partial charge is 0.356 e. The van der Waals surface area contributed by atoms with Gasteiger partial charge < -0.3 is 14.9 Å². The molecule has 0 saturated carbocycles. The van der Waals surface area contributed by atoms with Crippen molar-refractivity contribution in [1.82, 2.24) is 5.32 Å². The van der Waals surface area contributed by atoms with E-state index in [1.165, 1.54) is 44.9 Å². The van der Waals surface area contributed by atoms with Crippen molar-refractivity contribution in [2.75, 3.05) is 32.9 Å². The quantitative estimate of drug-likeness (QED) is 0.148. The van der Waals surface area contributed by atoms with Crippen LogP contribution in [0.5, 0.6) is 0 Å². The SMILES string of the molecule is CCCCCCCCCCCC(=O)NCCC[N+](C)(C)C(O)CS(=O)(=O)O. The summed E-state index contributed by atoms with van der Waals surface area (Å²) in [5.41, 5.74) is 0. The molecular formula is C19H41N2O5S+. The van der Waals surface area contributed by atoms with Gasteiger partial charge in [0.2, 0.25) is 12.1 Å². The van der Waals surface area contributed by atoms with Crippen LogP contribution in [0, 0.1) is 0 Å². The molecule has 1 atom stereocenters. The summed E-state index contributed by atoms with van der Waals surface area (Å²) in [5.74, 6) is -0.646. The number of carbonyl (C=O) groups is 1. The molecule has 0 saturated heterocycles. The Bertz CT molecular complexity index is 494. The summed E-state index contributed by atoms with van der Waals surface area (Å²) in [4.78, 5) is 11.8. The van der Waals surface area contributed by atoms with Crippen molar-refractivity contribution in [1.29, 1.82) is 0 Å². The molecular weight excluding hydrogens is 368 g/mol. The number of aliphatic hydroxyl groups excluding tert-OH is 1. The summed E-state index contributed by atoms with van der Waals surface area (Å²) < 4.78 is 30.6. The van der Waals surface area contributed by atoms with Crippen molar-refractivity contribution in [3.63, 3.8) is 0 Å². The van der Waals surface area contributed by atoms with E-state index in [0.29, 0.717) is 25.9 Å². The van der Waals surface area contributed by atoms with Crippen LogP contribution in [0.25, 0.3) is 0 Å². The Morgan fingerprint density at radius 1 is 0.963 bits per heavy atom. The van der Waals surface area contributed by atoms with Crippen molar-refractivity contribution < 1.29 is 27.4 Å². The minimum absolute atomic E-state index is 0.0433. The number of hydrogen-bond acceptors (Lipinski definition) is 4. The lowest BCUT2D eigenvalue weighted by molar-refractivity contribution is -0.933. The van der Waals surface area contributed by atoms with Gasteiger partial charge in [-0.25, -0.2) is 0 Å². The Hall–Kier alpha value is -0.700. The van der Waals surface area contributed by atoms with E-state index >= 15 is 0 Å². The van der Waals surface area contributed by atoms with Crippen LogP contribution in [0.4, 0.5) is 0 Å². The smallest absolute Gasteiger partial charge is 0.273 e. The van der Waals surface area contributed by atoms with Crippen LogP contribution in [-0.4, -0.2) is 67.6 Å². The second kappa shape index (κ2) is 14.3. The second-order valence-electron chi connectivity index (χ2n) is 8.01. The Labute approximate surface area is 165 Å². The van der Waals surface area contributed by atoms with Gasteiger partial charge in [-0.3, -0.25) is 9.35 Å². The Morgan fingerprint density at radius 2 is 1.48 bits per heavy atom. The van der Waals surface area contributed by atoms with Crippen LogP contribution >= 0.6 is 0 Å². The fourth-order valence-corrected chi connectivity index (χ4v) is 3.72. The zero-order chi connectivity index (χ0) is 20.8. The highest BCUT2D eigenvalue weighted by atomic mass is 32.2. The zero-order valence-electron chi connectivity index (χ0n) is 17.5. The first-order valence-corrected chi connectivity index (χ1v) is 11.9. The average Bonchev–Trinajstić information content (AvgIpc) is 2.55. The predicted molar refractivity (Wildman–Crippen MR) is 109 cm³/mol. The molecule has 0 rings (SSSR count). The molecule has 27 heavy (non-hydrogen) atoms. The van der Waals surface area contributed by atoms with E-state index in [1.807, 2.05) is 0 Å². The van der Waals surface area contributed by atoms with Crippen molar-refractivity contribution in [2.24, 2.45) is 0 Å². The van der Waals surface area contributed by atoms with E-state index in [-0.39, 0.29) is 10.4 Å². The van der Waals surface area contributed by atoms with Gasteiger partial charge >= 0.3 is 0 Å². The van der Waals surface area contributed by atoms with E-state index in [2.05, 4.69) is 12.2 Å². The third-order valence-electron chi connectivity index (χ3n) is 4.91. The van der Waals surface area contributed by atoms with Crippen molar-refractivity contribution in [3.8, 4) is 0 Å². The number of nitrogens with zero attached hydrogens (tertiary/aromatic N) is 1. The maximum atomic E-state index is 11.8. The molecule has 0 aromatic carbocycles. The molecule has 0 aliphatic heterocycles. The number of rotatable bonds is 17. The van der Waals surface area contributed by atoms with Gasteiger partial charge in [0.15, 0.2) is 5.75 Å². The number of aliphatic hydroxyl groups is 1. The second-order valence-corrected chi connectivity index (χ2v) is 9.51. The van der Waals surface area contributed by atoms with E-state index in [9.17, 15) is 18.3 Å². The summed E-state index contributed by atoms with van der Waals surface area (Å²) in [6.07, 6.45) is 11.0. The first kappa shape index (κ1) is 26.3. The molecule has 3 N–H and O–H groups in total.